The van der Waals surface area contributed by atoms with Crippen LogP contribution in [-0.4, -0.2) is 0 Å². The fourth-order valence-corrected chi connectivity index (χ4v) is 2.15. The molecule has 2 aliphatic rings. The van der Waals surface area contributed by atoms with E-state index >= 15 is 0 Å². The van der Waals surface area contributed by atoms with E-state index in [1.807, 2.05) is 48.5 Å². The fourth-order valence-electron chi connectivity index (χ4n) is 2.15. The Balaban J connectivity index is 1.84. The second-order valence-electron chi connectivity index (χ2n) is 3.81. The van der Waals surface area contributed by atoms with E-state index < -0.39 is 5.79 Å². The molecule has 72 valence electrons. The zero-order chi connectivity index (χ0) is 9.88. The number of para-hydroxylation sites is 2. The van der Waals surface area contributed by atoms with Gasteiger partial charge in [-0.2, -0.15) is 0 Å². The fraction of sp³-hybridized carbons (Fsp3) is 0.0769. The van der Waals surface area contributed by atoms with Crippen LogP contribution in [0.15, 0.2) is 48.5 Å². The van der Waals surface area contributed by atoms with E-state index in [1.54, 1.807) is 0 Å². The summed E-state index contributed by atoms with van der Waals surface area (Å²) in [5.41, 5.74) is 2.28. The molecule has 0 amide bonds. The average molecular weight is 196 g/mol. The van der Waals surface area contributed by atoms with Gasteiger partial charge >= 0.3 is 5.79 Å². The van der Waals surface area contributed by atoms with Crippen LogP contribution in [0.1, 0.15) is 11.1 Å². The van der Waals surface area contributed by atoms with E-state index in [2.05, 4.69) is 0 Å². The summed E-state index contributed by atoms with van der Waals surface area (Å²) in [6, 6.07) is 15.9. The third-order valence-electron chi connectivity index (χ3n) is 2.93. The van der Waals surface area contributed by atoms with Crippen molar-refractivity contribution >= 4 is 0 Å². The van der Waals surface area contributed by atoms with Crippen LogP contribution in [0.2, 0.25) is 0 Å². The minimum atomic E-state index is -0.590. The Hall–Kier alpha value is -1.96. The lowest BCUT2D eigenvalue weighted by atomic mass is 10.3. The van der Waals surface area contributed by atoms with Crippen molar-refractivity contribution in [2.24, 2.45) is 0 Å². The molecule has 0 atom stereocenters. The number of hydrogen-bond acceptors (Lipinski definition) is 2. The predicted molar refractivity (Wildman–Crippen MR) is 54.9 cm³/mol. The largest absolute Gasteiger partial charge is 0.440 e. The number of ether oxygens (including phenoxy) is 2. The molecule has 0 unspecified atom stereocenters. The summed E-state index contributed by atoms with van der Waals surface area (Å²) in [4.78, 5) is 0. The normalized spacial score (nSPS) is 17.6. The van der Waals surface area contributed by atoms with E-state index in [0.29, 0.717) is 0 Å². The highest BCUT2D eigenvalue weighted by Crippen LogP contribution is 2.57. The predicted octanol–water partition coefficient (Wildman–Crippen LogP) is 2.67. The molecule has 1 aliphatic carbocycles. The molecular weight excluding hydrogens is 188 g/mol. The maximum Gasteiger partial charge on any atom is 0.306 e. The van der Waals surface area contributed by atoms with Crippen LogP contribution < -0.4 is 9.47 Å². The van der Waals surface area contributed by atoms with Gasteiger partial charge in [-0.25, -0.2) is 0 Å². The van der Waals surface area contributed by atoms with Crippen molar-refractivity contribution < 1.29 is 9.47 Å². The van der Waals surface area contributed by atoms with E-state index in [-0.39, 0.29) is 0 Å². The van der Waals surface area contributed by atoms with E-state index in [9.17, 15) is 0 Å². The second-order valence-corrected chi connectivity index (χ2v) is 3.81. The Morgan fingerprint density at radius 3 is 1.67 bits per heavy atom. The highest BCUT2D eigenvalue weighted by molar-refractivity contribution is 5.60. The van der Waals surface area contributed by atoms with Gasteiger partial charge in [-0.05, 0) is 12.1 Å². The summed E-state index contributed by atoms with van der Waals surface area (Å²) in [5.74, 6) is 1.06. The first-order valence-electron chi connectivity index (χ1n) is 4.97. The molecule has 15 heavy (non-hydrogen) atoms. The van der Waals surface area contributed by atoms with Crippen LogP contribution in [0.5, 0.6) is 11.5 Å². The quantitative estimate of drug-likeness (QED) is 0.645. The lowest BCUT2D eigenvalue weighted by Gasteiger charge is -2.07. The van der Waals surface area contributed by atoms with Crippen molar-refractivity contribution in [3.8, 4) is 11.5 Å². The molecule has 1 heterocycles. The van der Waals surface area contributed by atoms with E-state index in [4.69, 9.17) is 9.47 Å². The second kappa shape index (κ2) is 2.16. The van der Waals surface area contributed by atoms with Gasteiger partial charge < -0.3 is 9.47 Å². The summed E-state index contributed by atoms with van der Waals surface area (Å²) in [6.07, 6.45) is 0. The molecule has 0 bridgehead atoms. The minimum Gasteiger partial charge on any atom is -0.440 e. The van der Waals surface area contributed by atoms with E-state index in [1.165, 1.54) is 0 Å². The highest BCUT2D eigenvalue weighted by atomic mass is 16.7. The van der Waals surface area contributed by atoms with Gasteiger partial charge in [-0.1, -0.05) is 36.4 Å². The van der Waals surface area contributed by atoms with Crippen LogP contribution >= 0.6 is 0 Å². The molecule has 2 nitrogen and oxygen atoms in total. The van der Waals surface area contributed by atoms with Crippen molar-refractivity contribution in [2.45, 2.75) is 5.79 Å². The van der Waals surface area contributed by atoms with Crippen molar-refractivity contribution in [3.63, 3.8) is 0 Å². The van der Waals surface area contributed by atoms with Crippen molar-refractivity contribution in [2.75, 3.05) is 0 Å². The topological polar surface area (TPSA) is 18.5 Å². The van der Waals surface area contributed by atoms with Crippen LogP contribution in [0.25, 0.3) is 0 Å². The SMILES string of the molecule is c1ccc2c(c1)OC1(O2)c2ccccc21. The van der Waals surface area contributed by atoms with Gasteiger partial charge in [0.1, 0.15) is 0 Å². The molecule has 2 aromatic carbocycles. The Morgan fingerprint density at radius 1 is 0.667 bits per heavy atom. The van der Waals surface area contributed by atoms with Gasteiger partial charge in [0.2, 0.25) is 0 Å². The molecule has 0 fully saturated rings. The molecule has 1 spiro atoms. The summed E-state index contributed by atoms with van der Waals surface area (Å²) in [6.45, 7) is 0. The van der Waals surface area contributed by atoms with Gasteiger partial charge in [-0.3, -0.25) is 0 Å². The average Bonchev–Trinajstić information content (AvgIpc) is 2.72. The molecule has 2 heteroatoms. The molecule has 0 radical (unpaired) electrons. The van der Waals surface area contributed by atoms with Crippen LogP contribution in [0, 0.1) is 0 Å². The van der Waals surface area contributed by atoms with Gasteiger partial charge in [0.15, 0.2) is 11.5 Å². The molecule has 2 aromatic rings. The smallest absolute Gasteiger partial charge is 0.306 e. The zero-order valence-electron chi connectivity index (χ0n) is 7.94. The third kappa shape index (κ3) is 0.757. The van der Waals surface area contributed by atoms with Gasteiger partial charge in [0.25, 0.3) is 0 Å². The number of rotatable bonds is 0. The Bertz CT molecular complexity index is 510. The highest BCUT2D eigenvalue weighted by Gasteiger charge is 2.60. The lowest BCUT2D eigenvalue weighted by molar-refractivity contribution is 0.00171. The Kier molecular flexibility index (Phi) is 1.06. The van der Waals surface area contributed by atoms with Crippen molar-refractivity contribution in [3.05, 3.63) is 59.7 Å². The zero-order valence-corrected chi connectivity index (χ0v) is 7.94. The third-order valence-corrected chi connectivity index (χ3v) is 2.93. The van der Waals surface area contributed by atoms with Crippen molar-refractivity contribution in [1.29, 1.82) is 0 Å². The molecule has 0 saturated heterocycles. The standard InChI is InChI=1S/C13H8O2/c1-2-6-10-9(5-1)13(10)14-11-7-3-4-8-12(11)15-13/h1-8H. The molecule has 0 N–H and O–H groups in total. The van der Waals surface area contributed by atoms with Crippen LogP contribution in [-0.2, 0) is 5.79 Å². The summed E-state index contributed by atoms with van der Waals surface area (Å²) in [7, 11) is 0. The monoisotopic (exact) mass is 196 g/mol. The maximum absolute atomic E-state index is 5.85. The first-order valence-corrected chi connectivity index (χ1v) is 4.97. The maximum atomic E-state index is 5.85. The first-order chi connectivity index (χ1) is 7.40. The van der Waals surface area contributed by atoms with Crippen LogP contribution in [0.3, 0.4) is 0 Å². The molecule has 1 aliphatic heterocycles. The molecule has 0 aromatic heterocycles. The van der Waals surface area contributed by atoms with Gasteiger partial charge in [0, 0.05) is 0 Å². The summed E-state index contributed by atoms with van der Waals surface area (Å²) in [5, 5.41) is 0. The van der Waals surface area contributed by atoms with E-state index in [0.717, 1.165) is 22.6 Å². The van der Waals surface area contributed by atoms with Crippen molar-refractivity contribution in [1.82, 2.24) is 0 Å². The number of fused-ring (bicyclic) bond motifs is 4. The number of benzene rings is 2. The van der Waals surface area contributed by atoms with Crippen LogP contribution in [0.4, 0.5) is 0 Å². The molecule has 0 saturated carbocycles. The van der Waals surface area contributed by atoms with Gasteiger partial charge in [0.05, 0.1) is 11.1 Å². The lowest BCUT2D eigenvalue weighted by Crippen LogP contribution is -2.18. The minimum absolute atomic E-state index is 0.590. The molecule has 4 rings (SSSR count). The first kappa shape index (κ1) is 7.35. The summed E-state index contributed by atoms with van der Waals surface area (Å²) < 4.78 is 11.7. The number of hydrogen-bond donors (Lipinski definition) is 0. The summed E-state index contributed by atoms with van der Waals surface area (Å²) >= 11 is 0. The Morgan fingerprint density at radius 2 is 1.13 bits per heavy atom. The molecular formula is C13H8O2. The Labute approximate surface area is 87.1 Å². The van der Waals surface area contributed by atoms with Gasteiger partial charge in [-0.15, -0.1) is 0 Å².